The minimum Gasteiger partial charge on any atom is -0.445 e. The van der Waals surface area contributed by atoms with Gasteiger partial charge in [-0.05, 0) is 42.9 Å². The maximum atomic E-state index is 13.7. The van der Waals surface area contributed by atoms with Crippen LogP contribution in [0.5, 0.6) is 0 Å². The molecule has 37 heavy (non-hydrogen) atoms. The highest BCUT2D eigenvalue weighted by atomic mass is 16.5. The molecule has 4 N–H and O–H groups in total. The van der Waals surface area contributed by atoms with Crippen molar-refractivity contribution in [3.8, 4) is 0 Å². The Morgan fingerprint density at radius 1 is 1.05 bits per heavy atom. The van der Waals surface area contributed by atoms with Gasteiger partial charge < -0.3 is 25.7 Å². The first-order chi connectivity index (χ1) is 17.9. The fourth-order valence-electron chi connectivity index (χ4n) is 4.99. The number of carbonyl (C=O) groups is 3. The zero-order valence-electron chi connectivity index (χ0n) is 21.7. The highest BCUT2D eigenvalue weighted by Gasteiger charge is 2.45. The lowest BCUT2D eigenvalue weighted by molar-refractivity contribution is -0.135. The molecule has 1 aliphatic carbocycles. The summed E-state index contributed by atoms with van der Waals surface area (Å²) in [6.45, 7) is 6.28. The van der Waals surface area contributed by atoms with E-state index >= 15 is 0 Å². The van der Waals surface area contributed by atoms with Crippen LogP contribution in [0.15, 0.2) is 54.6 Å². The number of alkyl carbamates (subject to hydrolysis) is 1. The molecule has 1 aromatic heterocycles. The maximum Gasteiger partial charge on any atom is 0.408 e. The number of likely N-dealkylation sites (N-methyl/N-ethyl adjacent to an activating group) is 1. The lowest BCUT2D eigenvalue weighted by Crippen LogP contribution is -2.65. The molecule has 8 heteroatoms. The fraction of sp³-hybridized carbons (Fsp3) is 0.414. The molecule has 3 amide bonds. The molecular weight excluding hydrogens is 468 g/mol. The molecule has 0 aliphatic heterocycles. The standard InChI is InChI=1S/C29H36N4O4/c1-4-19(3)25(32-28(36)37-18-20-11-7-6-8-12-20)26(34)33-29(27(35)30-5-2)16-15-24-22(17-29)21-13-9-10-14-23(21)31-24/h6-14,19,25,31H,4-5,15-18H2,1-3H3,(H,30,35)(H,32,36)(H,33,34)/t19-,25-,29+/m0/s1. The fourth-order valence-corrected chi connectivity index (χ4v) is 4.99. The van der Waals surface area contributed by atoms with Crippen LogP contribution in [0.2, 0.25) is 0 Å². The zero-order chi connectivity index (χ0) is 26.4. The van der Waals surface area contributed by atoms with Crippen molar-refractivity contribution in [1.29, 1.82) is 0 Å². The molecule has 0 saturated carbocycles. The molecule has 3 aromatic rings. The first-order valence-corrected chi connectivity index (χ1v) is 13.0. The third-order valence-corrected chi connectivity index (χ3v) is 7.30. The Labute approximate surface area is 217 Å². The van der Waals surface area contributed by atoms with Gasteiger partial charge in [-0.25, -0.2) is 4.79 Å². The number of aromatic amines is 1. The second-order valence-corrected chi connectivity index (χ2v) is 9.80. The SMILES string of the molecule is CCNC(=O)[C@@]1(NC(=O)[C@@H](NC(=O)OCc2ccccc2)[C@@H](C)CC)CCc2[nH]c3ccccc3c2C1. The predicted octanol–water partition coefficient (Wildman–Crippen LogP) is 3.99. The van der Waals surface area contributed by atoms with Crippen molar-refractivity contribution in [1.82, 2.24) is 20.9 Å². The molecule has 0 spiro atoms. The number of rotatable bonds is 9. The summed E-state index contributed by atoms with van der Waals surface area (Å²) in [5, 5.41) is 9.79. The maximum absolute atomic E-state index is 13.7. The Kier molecular flexibility index (Phi) is 8.16. The second kappa shape index (κ2) is 11.5. The van der Waals surface area contributed by atoms with E-state index in [1.54, 1.807) is 0 Å². The highest BCUT2D eigenvalue weighted by molar-refractivity contribution is 5.96. The molecule has 0 unspecified atom stereocenters. The number of aromatic nitrogens is 1. The molecule has 8 nitrogen and oxygen atoms in total. The van der Waals surface area contributed by atoms with Crippen molar-refractivity contribution in [2.75, 3.05) is 6.54 Å². The summed E-state index contributed by atoms with van der Waals surface area (Å²) < 4.78 is 5.38. The number of amides is 3. The zero-order valence-corrected chi connectivity index (χ0v) is 21.7. The molecule has 1 aliphatic rings. The normalized spacial score (nSPS) is 18.4. The van der Waals surface area contributed by atoms with E-state index in [1.807, 2.05) is 75.4 Å². The van der Waals surface area contributed by atoms with Crippen LogP contribution < -0.4 is 16.0 Å². The van der Waals surface area contributed by atoms with Gasteiger partial charge in [0.2, 0.25) is 11.8 Å². The van der Waals surface area contributed by atoms with Crippen molar-refractivity contribution in [3.63, 3.8) is 0 Å². The molecule has 0 radical (unpaired) electrons. The van der Waals surface area contributed by atoms with Gasteiger partial charge >= 0.3 is 6.09 Å². The second-order valence-electron chi connectivity index (χ2n) is 9.80. The van der Waals surface area contributed by atoms with Gasteiger partial charge in [-0.2, -0.15) is 0 Å². The Morgan fingerprint density at radius 3 is 2.51 bits per heavy atom. The van der Waals surface area contributed by atoms with Gasteiger partial charge in [0.25, 0.3) is 0 Å². The van der Waals surface area contributed by atoms with E-state index in [9.17, 15) is 14.4 Å². The number of para-hydroxylation sites is 1. The third kappa shape index (κ3) is 5.79. The van der Waals surface area contributed by atoms with E-state index in [2.05, 4.69) is 20.9 Å². The van der Waals surface area contributed by atoms with E-state index < -0.39 is 17.7 Å². The lowest BCUT2D eigenvalue weighted by atomic mass is 9.78. The van der Waals surface area contributed by atoms with Gasteiger partial charge in [0, 0.05) is 29.6 Å². The molecule has 3 atom stereocenters. The number of benzene rings is 2. The van der Waals surface area contributed by atoms with Crippen LogP contribution in [-0.4, -0.2) is 41.0 Å². The summed E-state index contributed by atoms with van der Waals surface area (Å²) >= 11 is 0. The van der Waals surface area contributed by atoms with Gasteiger partial charge in [-0.1, -0.05) is 68.8 Å². The van der Waals surface area contributed by atoms with Crippen LogP contribution in [0.1, 0.15) is 50.4 Å². The summed E-state index contributed by atoms with van der Waals surface area (Å²) in [7, 11) is 0. The van der Waals surface area contributed by atoms with Crippen molar-refractivity contribution < 1.29 is 19.1 Å². The average molecular weight is 505 g/mol. The minimum atomic E-state index is -1.12. The molecule has 1 heterocycles. The molecule has 0 saturated heterocycles. The van der Waals surface area contributed by atoms with Gasteiger partial charge in [-0.15, -0.1) is 0 Å². The van der Waals surface area contributed by atoms with Crippen molar-refractivity contribution >= 4 is 28.8 Å². The quantitative estimate of drug-likeness (QED) is 0.353. The van der Waals surface area contributed by atoms with Gasteiger partial charge in [0.05, 0.1) is 0 Å². The smallest absolute Gasteiger partial charge is 0.408 e. The van der Waals surface area contributed by atoms with Gasteiger partial charge in [0.1, 0.15) is 18.2 Å². The number of ether oxygens (including phenoxy) is 1. The molecule has 0 fully saturated rings. The van der Waals surface area contributed by atoms with E-state index in [0.717, 1.165) is 27.7 Å². The van der Waals surface area contributed by atoms with E-state index in [0.29, 0.717) is 32.2 Å². The predicted molar refractivity (Wildman–Crippen MR) is 143 cm³/mol. The first kappa shape index (κ1) is 26.3. The van der Waals surface area contributed by atoms with Crippen molar-refractivity contribution in [2.24, 2.45) is 5.92 Å². The Morgan fingerprint density at radius 2 is 1.78 bits per heavy atom. The monoisotopic (exact) mass is 504 g/mol. The van der Waals surface area contributed by atoms with E-state index in [-0.39, 0.29) is 24.3 Å². The van der Waals surface area contributed by atoms with Gasteiger partial charge in [0.15, 0.2) is 0 Å². The molecule has 196 valence electrons. The number of hydrogen-bond acceptors (Lipinski definition) is 4. The number of fused-ring (bicyclic) bond motifs is 3. The Balaban J connectivity index is 1.54. The highest BCUT2D eigenvalue weighted by Crippen LogP contribution is 2.34. The van der Waals surface area contributed by atoms with E-state index in [4.69, 9.17) is 4.74 Å². The molecule has 4 rings (SSSR count). The van der Waals surface area contributed by atoms with Crippen molar-refractivity contribution in [3.05, 3.63) is 71.4 Å². The van der Waals surface area contributed by atoms with Crippen LogP contribution in [0.25, 0.3) is 10.9 Å². The number of H-pyrrole nitrogens is 1. The number of nitrogens with one attached hydrogen (secondary N) is 4. The summed E-state index contributed by atoms with van der Waals surface area (Å²) in [6, 6.07) is 16.5. The number of aryl methyl sites for hydroxylation is 1. The molecular formula is C29H36N4O4. The van der Waals surface area contributed by atoms with Crippen LogP contribution >= 0.6 is 0 Å². The Hall–Kier alpha value is -3.81. The summed E-state index contributed by atoms with van der Waals surface area (Å²) in [5.41, 5.74) is 2.90. The Bertz CT molecular complexity index is 1260. The van der Waals surface area contributed by atoms with Crippen LogP contribution in [0, 0.1) is 5.92 Å². The first-order valence-electron chi connectivity index (χ1n) is 13.0. The number of hydrogen-bond donors (Lipinski definition) is 4. The molecule has 0 bridgehead atoms. The summed E-state index contributed by atoms with van der Waals surface area (Å²) in [6.07, 6.45) is 1.45. The summed E-state index contributed by atoms with van der Waals surface area (Å²) in [4.78, 5) is 43.2. The largest absolute Gasteiger partial charge is 0.445 e. The van der Waals surface area contributed by atoms with Gasteiger partial charge in [-0.3, -0.25) is 9.59 Å². The topological polar surface area (TPSA) is 112 Å². The van der Waals surface area contributed by atoms with Crippen LogP contribution in [0.3, 0.4) is 0 Å². The van der Waals surface area contributed by atoms with Crippen LogP contribution in [-0.2, 0) is 33.8 Å². The summed E-state index contributed by atoms with van der Waals surface area (Å²) in [5.74, 6) is -0.766. The minimum absolute atomic E-state index is 0.105. The lowest BCUT2D eigenvalue weighted by Gasteiger charge is -2.38. The number of carbonyl (C=O) groups excluding carboxylic acids is 3. The average Bonchev–Trinajstić information content (AvgIpc) is 3.28. The van der Waals surface area contributed by atoms with E-state index in [1.165, 1.54) is 0 Å². The molecule has 2 aromatic carbocycles. The van der Waals surface area contributed by atoms with Crippen LogP contribution in [0.4, 0.5) is 4.79 Å². The van der Waals surface area contributed by atoms with Crippen molar-refractivity contribution in [2.45, 2.75) is 64.6 Å². The third-order valence-electron chi connectivity index (χ3n) is 7.30.